The lowest BCUT2D eigenvalue weighted by Gasteiger charge is -2.15. The summed E-state index contributed by atoms with van der Waals surface area (Å²) < 4.78 is 14.1. The molecular formula is C11H16BrClFN. The van der Waals surface area contributed by atoms with Gasteiger partial charge in [-0.05, 0) is 34.3 Å². The van der Waals surface area contributed by atoms with E-state index in [2.05, 4.69) is 29.8 Å². The van der Waals surface area contributed by atoms with Crippen molar-refractivity contribution in [3.63, 3.8) is 0 Å². The molecule has 1 atom stereocenters. The van der Waals surface area contributed by atoms with Crippen LogP contribution in [0.5, 0.6) is 0 Å². The average molecular weight is 297 g/mol. The van der Waals surface area contributed by atoms with Crippen LogP contribution in [0.25, 0.3) is 0 Å². The van der Waals surface area contributed by atoms with E-state index in [4.69, 9.17) is 5.73 Å². The lowest BCUT2D eigenvalue weighted by molar-refractivity contribution is 0.487. The zero-order valence-corrected chi connectivity index (χ0v) is 11.2. The Morgan fingerprint density at radius 2 is 2.00 bits per heavy atom. The summed E-state index contributed by atoms with van der Waals surface area (Å²) in [5.74, 6) is 0.240. The SMILES string of the molecule is CC(C)C[C@H](N)c1cccc(Br)c1F.Cl. The molecule has 0 amide bonds. The fourth-order valence-corrected chi connectivity index (χ4v) is 1.82. The van der Waals surface area contributed by atoms with Crippen LogP contribution in [0.2, 0.25) is 0 Å². The Hall–Kier alpha value is -0.120. The third-order valence-corrected chi connectivity index (χ3v) is 2.72. The van der Waals surface area contributed by atoms with E-state index in [-0.39, 0.29) is 24.3 Å². The standard InChI is InChI=1S/C11H15BrFN.ClH/c1-7(2)6-10(14)8-4-3-5-9(12)11(8)13;/h3-5,7,10H,6,14H2,1-2H3;1H/t10-;/m0./s1. The Kier molecular flexibility index (Phi) is 6.41. The van der Waals surface area contributed by atoms with Crippen LogP contribution in [0.3, 0.4) is 0 Å². The lowest BCUT2D eigenvalue weighted by atomic mass is 9.97. The van der Waals surface area contributed by atoms with E-state index in [0.29, 0.717) is 16.0 Å². The highest BCUT2D eigenvalue weighted by Crippen LogP contribution is 2.25. The molecule has 86 valence electrons. The maximum Gasteiger partial charge on any atom is 0.142 e. The van der Waals surface area contributed by atoms with Crippen LogP contribution < -0.4 is 5.73 Å². The number of nitrogens with two attached hydrogens (primary N) is 1. The third kappa shape index (κ3) is 4.09. The molecule has 1 nitrogen and oxygen atoms in total. The van der Waals surface area contributed by atoms with Crippen LogP contribution in [0.4, 0.5) is 4.39 Å². The van der Waals surface area contributed by atoms with Crippen molar-refractivity contribution in [1.29, 1.82) is 0 Å². The van der Waals surface area contributed by atoms with E-state index in [1.165, 1.54) is 0 Å². The van der Waals surface area contributed by atoms with E-state index in [9.17, 15) is 4.39 Å². The quantitative estimate of drug-likeness (QED) is 0.894. The van der Waals surface area contributed by atoms with Crippen molar-refractivity contribution in [2.75, 3.05) is 0 Å². The van der Waals surface area contributed by atoms with Crippen molar-refractivity contribution in [2.45, 2.75) is 26.3 Å². The van der Waals surface area contributed by atoms with Crippen molar-refractivity contribution in [1.82, 2.24) is 0 Å². The summed E-state index contributed by atoms with van der Waals surface area (Å²) in [5, 5.41) is 0. The average Bonchev–Trinajstić information content (AvgIpc) is 2.08. The highest BCUT2D eigenvalue weighted by molar-refractivity contribution is 9.10. The summed E-state index contributed by atoms with van der Waals surface area (Å²) in [4.78, 5) is 0. The fourth-order valence-electron chi connectivity index (χ4n) is 1.44. The van der Waals surface area contributed by atoms with Gasteiger partial charge in [0, 0.05) is 11.6 Å². The fraction of sp³-hybridized carbons (Fsp3) is 0.455. The molecule has 0 aliphatic carbocycles. The van der Waals surface area contributed by atoms with Crippen LogP contribution in [0.15, 0.2) is 22.7 Å². The Labute approximate surface area is 105 Å². The molecule has 4 heteroatoms. The number of rotatable bonds is 3. The normalized spacial score (nSPS) is 12.4. The monoisotopic (exact) mass is 295 g/mol. The van der Waals surface area contributed by atoms with Gasteiger partial charge >= 0.3 is 0 Å². The minimum Gasteiger partial charge on any atom is -0.324 e. The second-order valence-corrected chi connectivity index (χ2v) is 4.73. The minimum atomic E-state index is -0.236. The molecule has 0 aromatic heterocycles. The summed E-state index contributed by atoms with van der Waals surface area (Å²) in [6.45, 7) is 4.16. The molecule has 0 aliphatic heterocycles. The minimum absolute atomic E-state index is 0. The van der Waals surface area contributed by atoms with Gasteiger partial charge in [0.25, 0.3) is 0 Å². The first-order chi connectivity index (χ1) is 6.52. The predicted octanol–water partition coefficient (Wildman–Crippen LogP) is 4.06. The third-order valence-electron chi connectivity index (χ3n) is 2.11. The van der Waals surface area contributed by atoms with Gasteiger partial charge in [-0.15, -0.1) is 12.4 Å². The van der Waals surface area contributed by atoms with E-state index in [1.807, 2.05) is 6.07 Å². The predicted molar refractivity (Wildman–Crippen MR) is 67.7 cm³/mol. The van der Waals surface area contributed by atoms with E-state index >= 15 is 0 Å². The summed E-state index contributed by atoms with van der Waals surface area (Å²) in [6, 6.07) is 5.02. The number of benzene rings is 1. The molecule has 0 aliphatic rings. The van der Waals surface area contributed by atoms with Crippen molar-refractivity contribution < 1.29 is 4.39 Å². The molecule has 0 heterocycles. The molecule has 1 rings (SSSR count). The maximum atomic E-state index is 13.6. The van der Waals surface area contributed by atoms with Gasteiger partial charge in [0.2, 0.25) is 0 Å². The first kappa shape index (κ1) is 14.9. The first-order valence-corrected chi connectivity index (χ1v) is 5.51. The van der Waals surface area contributed by atoms with Crippen LogP contribution in [-0.2, 0) is 0 Å². The Morgan fingerprint density at radius 1 is 1.40 bits per heavy atom. The topological polar surface area (TPSA) is 26.0 Å². The molecule has 15 heavy (non-hydrogen) atoms. The Balaban J connectivity index is 0.00000196. The zero-order valence-electron chi connectivity index (χ0n) is 8.84. The highest BCUT2D eigenvalue weighted by Gasteiger charge is 2.14. The van der Waals surface area contributed by atoms with Gasteiger partial charge in [-0.1, -0.05) is 26.0 Å². The molecule has 0 fully saturated rings. The first-order valence-electron chi connectivity index (χ1n) is 4.72. The molecule has 0 bridgehead atoms. The molecule has 0 spiro atoms. The van der Waals surface area contributed by atoms with Crippen molar-refractivity contribution >= 4 is 28.3 Å². The molecule has 0 radical (unpaired) electrons. The number of hydrogen-bond donors (Lipinski definition) is 1. The van der Waals surface area contributed by atoms with Crippen LogP contribution in [0, 0.1) is 11.7 Å². The molecule has 1 aromatic carbocycles. The summed E-state index contributed by atoms with van der Waals surface area (Å²) >= 11 is 3.15. The van der Waals surface area contributed by atoms with Gasteiger partial charge in [0.15, 0.2) is 0 Å². The van der Waals surface area contributed by atoms with Gasteiger partial charge in [-0.3, -0.25) is 0 Å². The van der Waals surface area contributed by atoms with Gasteiger partial charge in [-0.25, -0.2) is 4.39 Å². The highest BCUT2D eigenvalue weighted by atomic mass is 79.9. The second-order valence-electron chi connectivity index (χ2n) is 3.88. The van der Waals surface area contributed by atoms with Gasteiger partial charge in [0.05, 0.1) is 4.47 Å². The molecule has 0 saturated carbocycles. The van der Waals surface area contributed by atoms with Crippen molar-refractivity contribution in [3.05, 3.63) is 34.1 Å². The molecule has 2 N–H and O–H groups in total. The summed E-state index contributed by atoms with van der Waals surface area (Å²) in [6.07, 6.45) is 0.799. The van der Waals surface area contributed by atoms with E-state index < -0.39 is 0 Å². The maximum absolute atomic E-state index is 13.6. The van der Waals surface area contributed by atoms with Gasteiger partial charge in [0.1, 0.15) is 5.82 Å². The van der Waals surface area contributed by atoms with E-state index in [0.717, 1.165) is 6.42 Å². The lowest BCUT2D eigenvalue weighted by Crippen LogP contribution is -2.14. The van der Waals surface area contributed by atoms with Crippen LogP contribution in [0.1, 0.15) is 31.9 Å². The van der Waals surface area contributed by atoms with Crippen molar-refractivity contribution in [2.24, 2.45) is 11.7 Å². The Bertz CT molecular complexity index is 317. The Morgan fingerprint density at radius 3 is 2.53 bits per heavy atom. The van der Waals surface area contributed by atoms with Crippen LogP contribution >= 0.6 is 28.3 Å². The molecule has 0 unspecified atom stereocenters. The smallest absolute Gasteiger partial charge is 0.142 e. The van der Waals surface area contributed by atoms with Crippen molar-refractivity contribution in [3.8, 4) is 0 Å². The largest absolute Gasteiger partial charge is 0.324 e. The molecule has 1 aromatic rings. The van der Waals surface area contributed by atoms with Gasteiger partial charge in [-0.2, -0.15) is 0 Å². The summed E-state index contributed by atoms with van der Waals surface area (Å²) in [5.41, 5.74) is 6.50. The number of halogens is 3. The summed E-state index contributed by atoms with van der Waals surface area (Å²) in [7, 11) is 0. The zero-order chi connectivity index (χ0) is 10.7. The second kappa shape index (κ2) is 6.46. The molecular weight excluding hydrogens is 280 g/mol. The van der Waals surface area contributed by atoms with Gasteiger partial charge < -0.3 is 5.73 Å². The van der Waals surface area contributed by atoms with Crippen LogP contribution in [-0.4, -0.2) is 0 Å². The van der Waals surface area contributed by atoms with E-state index in [1.54, 1.807) is 12.1 Å². The molecule has 0 saturated heterocycles. The number of hydrogen-bond acceptors (Lipinski definition) is 1.